The van der Waals surface area contributed by atoms with Crippen LogP contribution in [-0.2, 0) is 19.5 Å². The van der Waals surface area contributed by atoms with E-state index in [0.717, 1.165) is 57.6 Å². The summed E-state index contributed by atoms with van der Waals surface area (Å²) in [5.41, 5.74) is 1.21. The predicted octanol–water partition coefficient (Wildman–Crippen LogP) is 1.83. The molecule has 2 N–H and O–H groups in total. The van der Waals surface area contributed by atoms with Crippen LogP contribution in [0.4, 0.5) is 10.5 Å². The molecule has 2 aliphatic heterocycles. The van der Waals surface area contributed by atoms with Crippen molar-refractivity contribution in [3.63, 3.8) is 0 Å². The third-order valence-corrected chi connectivity index (χ3v) is 5.65. The van der Waals surface area contributed by atoms with Gasteiger partial charge in [0.15, 0.2) is 0 Å². The third-order valence-electron chi connectivity index (χ3n) is 5.65. The van der Waals surface area contributed by atoms with Crippen LogP contribution < -0.4 is 16.3 Å². The number of likely N-dealkylation sites (tertiary alicyclic amines) is 1. The topological polar surface area (TPSA) is 101 Å². The Morgan fingerprint density at radius 3 is 2.47 bits per heavy atom. The van der Waals surface area contributed by atoms with E-state index in [4.69, 9.17) is 0 Å². The van der Waals surface area contributed by atoms with Gasteiger partial charge >= 0.3 is 11.7 Å². The average Bonchev–Trinajstić information content (AvgIpc) is 3.40. The van der Waals surface area contributed by atoms with Crippen LogP contribution >= 0.6 is 0 Å². The van der Waals surface area contributed by atoms with Crippen molar-refractivity contribution in [2.45, 2.75) is 51.6 Å². The molecule has 1 saturated heterocycles. The first-order valence-electron chi connectivity index (χ1n) is 10.7. The van der Waals surface area contributed by atoms with Crippen molar-refractivity contribution in [1.29, 1.82) is 0 Å². The number of nitrogens with zero attached hydrogens (tertiary/aromatic N) is 4. The second-order valence-corrected chi connectivity index (χ2v) is 7.84. The molecule has 0 bridgehead atoms. The van der Waals surface area contributed by atoms with Gasteiger partial charge in [-0.2, -0.15) is 5.10 Å². The molecule has 30 heavy (non-hydrogen) atoms. The maximum absolute atomic E-state index is 12.4. The number of benzene rings is 1. The third kappa shape index (κ3) is 4.55. The van der Waals surface area contributed by atoms with E-state index < -0.39 is 0 Å². The quantitative estimate of drug-likeness (QED) is 0.707. The zero-order valence-electron chi connectivity index (χ0n) is 17.1. The SMILES string of the molecule is O=C(NCCCn1nc2n(c1=O)CCCC2)Nc1ccc(C(=O)N2CCCC2)cc1. The van der Waals surface area contributed by atoms with Gasteiger partial charge in [-0.05, 0) is 56.4 Å². The molecule has 160 valence electrons. The van der Waals surface area contributed by atoms with Crippen LogP contribution in [0.25, 0.3) is 0 Å². The molecule has 1 fully saturated rings. The molecule has 3 amide bonds. The van der Waals surface area contributed by atoms with E-state index >= 15 is 0 Å². The maximum Gasteiger partial charge on any atom is 0.345 e. The lowest BCUT2D eigenvalue weighted by molar-refractivity contribution is 0.0793. The minimum absolute atomic E-state index is 0.0414. The molecule has 0 atom stereocenters. The lowest BCUT2D eigenvalue weighted by Crippen LogP contribution is -2.31. The van der Waals surface area contributed by atoms with E-state index in [-0.39, 0.29) is 17.6 Å². The molecule has 9 nitrogen and oxygen atoms in total. The number of amides is 3. The van der Waals surface area contributed by atoms with Crippen molar-refractivity contribution in [3.05, 3.63) is 46.1 Å². The molecule has 2 aliphatic rings. The van der Waals surface area contributed by atoms with Crippen molar-refractivity contribution in [3.8, 4) is 0 Å². The van der Waals surface area contributed by atoms with E-state index in [1.165, 1.54) is 4.68 Å². The van der Waals surface area contributed by atoms with Gasteiger partial charge in [0.05, 0.1) is 0 Å². The van der Waals surface area contributed by atoms with Crippen molar-refractivity contribution in [2.75, 3.05) is 25.0 Å². The Labute approximate surface area is 175 Å². The van der Waals surface area contributed by atoms with E-state index in [9.17, 15) is 14.4 Å². The van der Waals surface area contributed by atoms with Crippen LogP contribution in [0.1, 0.15) is 48.3 Å². The largest absolute Gasteiger partial charge is 0.345 e. The van der Waals surface area contributed by atoms with E-state index in [1.54, 1.807) is 28.8 Å². The first kappa shape index (κ1) is 20.2. The lowest BCUT2D eigenvalue weighted by atomic mass is 10.2. The molecule has 4 rings (SSSR count). The van der Waals surface area contributed by atoms with Crippen LogP contribution in [0.3, 0.4) is 0 Å². The van der Waals surface area contributed by atoms with Crippen molar-refractivity contribution < 1.29 is 9.59 Å². The van der Waals surface area contributed by atoms with Gasteiger partial charge in [-0.25, -0.2) is 14.3 Å². The van der Waals surface area contributed by atoms with Gasteiger partial charge < -0.3 is 15.5 Å². The Morgan fingerprint density at radius 1 is 1.00 bits per heavy atom. The molecule has 3 heterocycles. The Bertz CT molecular complexity index is 956. The zero-order chi connectivity index (χ0) is 20.9. The zero-order valence-corrected chi connectivity index (χ0v) is 17.1. The van der Waals surface area contributed by atoms with Gasteiger partial charge in [-0.15, -0.1) is 0 Å². The molecule has 0 radical (unpaired) electrons. The summed E-state index contributed by atoms with van der Waals surface area (Å²) >= 11 is 0. The Hall–Kier alpha value is -3.10. The first-order valence-corrected chi connectivity index (χ1v) is 10.7. The maximum atomic E-state index is 12.4. The summed E-state index contributed by atoms with van der Waals surface area (Å²) < 4.78 is 3.25. The number of carbonyl (C=O) groups excluding carboxylic acids is 2. The second kappa shape index (κ2) is 9.15. The van der Waals surface area contributed by atoms with Gasteiger partial charge in [0.25, 0.3) is 5.91 Å². The summed E-state index contributed by atoms with van der Waals surface area (Å²) in [5.74, 6) is 0.906. The fourth-order valence-corrected chi connectivity index (χ4v) is 4.00. The van der Waals surface area contributed by atoms with Crippen LogP contribution in [0.15, 0.2) is 29.1 Å². The number of aryl methyl sites for hydroxylation is 2. The Kier molecular flexibility index (Phi) is 6.15. The summed E-state index contributed by atoms with van der Waals surface area (Å²) in [6, 6.07) is 6.63. The highest BCUT2D eigenvalue weighted by atomic mass is 16.2. The smallest absolute Gasteiger partial charge is 0.339 e. The van der Waals surface area contributed by atoms with E-state index in [1.807, 2.05) is 4.90 Å². The minimum atomic E-state index is -0.315. The van der Waals surface area contributed by atoms with E-state index in [2.05, 4.69) is 15.7 Å². The number of hydrogen-bond acceptors (Lipinski definition) is 4. The highest BCUT2D eigenvalue weighted by Crippen LogP contribution is 2.15. The number of nitrogens with one attached hydrogen (secondary N) is 2. The van der Waals surface area contributed by atoms with Gasteiger partial charge in [-0.1, -0.05) is 0 Å². The normalized spacial score (nSPS) is 15.7. The Morgan fingerprint density at radius 2 is 1.73 bits per heavy atom. The van der Waals surface area contributed by atoms with Gasteiger partial charge in [-0.3, -0.25) is 9.36 Å². The number of aromatic nitrogens is 3. The molecule has 0 spiro atoms. The summed E-state index contributed by atoms with van der Waals surface area (Å²) in [7, 11) is 0. The highest BCUT2D eigenvalue weighted by Gasteiger charge is 2.19. The van der Waals surface area contributed by atoms with Crippen LogP contribution in [0, 0.1) is 0 Å². The van der Waals surface area contributed by atoms with Crippen LogP contribution in [0.5, 0.6) is 0 Å². The number of anilines is 1. The lowest BCUT2D eigenvalue weighted by Gasteiger charge is -2.15. The summed E-state index contributed by atoms with van der Waals surface area (Å²) in [4.78, 5) is 38.6. The molecule has 2 aromatic rings. The predicted molar refractivity (Wildman–Crippen MR) is 113 cm³/mol. The number of hydrogen-bond donors (Lipinski definition) is 2. The molecule has 1 aromatic carbocycles. The number of rotatable bonds is 6. The van der Waals surface area contributed by atoms with Crippen molar-refractivity contribution >= 4 is 17.6 Å². The monoisotopic (exact) mass is 412 g/mol. The van der Waals surface area contributed by atoms with Crippen molar-refractivity contribution in [2.24, 2.45) is 0 Å². The minimum Gasteiger partial charge on any atom is -0.339 e. The van der Waals surface area contributed by atoms with Crippen molar-refractivity contribution in [1.82, 2.24) is 24.6 Å². The summed E-state index contributed by atoms with van der Waals surface area (Å²) in [6.07, 6.45) is 5.68. The molecular formula is C21H28N6O3. The molecular weight excluding hydrogens is 384 g/mol. The van der Waals surface area contributed by atoms with Gasteiger partial charge in [0.2, 0.25) is 0 Å². The van der Waals surface area contributed by atoms with Gasteiger partial charge in [0.1, 0.15) is 5.82 Å². The first-order chi connectivity index (χ1) is 14.6. The Balaban J connectivity index is 1.21. The second-order valence-electron chi connectivity index (χ2n) is 7.84. The molecule has 1 aromatic heterocycles. The van der Waals surface area contributed by atoms with E-state index in [0.29, 0.717) is 30.8 Å². The number of fused-ring (bicyclic) bond motifs is 1. The summed E-state index contributed by atoms with van der Waals surface area (Å²) in [6.45, 7) is 3.29. The summed E-state index contributed by atoms with van der Waals surface area (Å²) in [5, 5.41) is 9.95. The highest BCUT2D eigenvalue weighted by molar-refractivity contribution is 5.95. The van der Waals surface area contributed by atoms with Crippen LogP contribution in [0.2, 0.25) is 0 Å². The molecule has 9 heteroatoms. The molecule has 0 unspecified atom stereocenters. The van der Waals surface area contributed by atoms with Crippen LogP contribution in [-0.4, -0.2) is 50.8 Å². The molecule has 0 saturated carbocycles. The fraction of sp³-hybridized carbons (Fsp3) is 0.524. The average molecular weight is 412 g/mol. The fourth-order valence-electron chi connectivity index (χ4n) is 4.00. The number of carbonyl (C=O) groups is 2. The standard InChI is InChI=1S/C21H28N6O3/c28-19(25-12-3-4-13-25)16-7-9-17(10-8-16)23-20(29)22-11-5-15-27-21(30)26-14-2-1-6-18(26)24-27/h7-10H,1-6,11-15H2,(H2,22,23,29). The molecule has 0 aliphatic carbocycles. The number of urea groups is 1. The van der Waals surface area contributed by atoms with Gasteiger partial charge in [0, 0.05) is 50.4 Å².